The Morgan fingerprint density at radius 2 is 2.00 bits per heavy atom. The number of hydrogen-bond acceptors (Lipinski definition) is 3. The molecule has 102 valence electrons. The molecule has 1 rings (SSSR count). The highest BCUT2D eigenvalue weighted by Crippen LogP contribution is 2.33. The summed E-state index contributed by atoms with van der Waals surface area (Å²) >= 11 is 3.08. The first-order chi connectivity index (χ1) is 8.45. The highest BCUT2D eigenvalue weighted by molar-refractivity contribution is 9.10. The lowest BCUT2D eigenvalue weighted by atomic mass is 10.2. The van der Waals surface area contributed by atoms with Crippen LogP contribution in [0.1, 0.15) is 5.56 Å². The molecule has 3 nitrogen and oxygen atoms in total. The van der Waals surface area contributed by atoms with Crippen LogP contribution in [0.5, 0.6) is 0 Å². The number of anilines is 1. The molecule has 18 heavy (non-hydrogen) atoms. The maximum atomic E-state index is 12.4. The Kier molecular flexibility index (Phi) is 5.90. The van der Waals surface area contributed by atoms with Crippen LogP contribution in [-0.4, -0.2) is 31.5 Å². The molecular weight excluding hydrogens is 315 g/mol. The summed E-state index contributed by atoms with van der Waals surface area (Å²) in [4.78, 5) is 0. The third-order valence-electron chi connectivity index (χ3n) is 2.09. The minimum atomic E-state index is -4.34. The molecule has 0 fully saturated rings. The minimum Gasteiger partial charge on any atom is -0.394 e. The smallest absolute Gasteiger partial charge is 0.394 e. The van der Waals surface area contributed by atoms with Gasteiger partial charge in [0.25, 0.3) is 0 Å². The van der Waals surface area contributed by atoms with Gasteiger partial charge in [-0.05, 0) is 34.1 Å². The molecule has 0 aliphatic carbocycles. The molecule has 0 saturated heterocycles. The van der Waals surface area contributed by atoms with Gasteiger partial charge in [-0.2, -0.15) is 13.2 Å². The van der Waals surface area contributed by atoms with Gasteiger partial charge in [0.05, 0.1) is 25.4 Å². The van der Waals surface area contributed by atoms with Crippen LogP contribution in [-0.2, 0) is 10.9 Å². The van der Waals surface area contributed by atoms with Crippen LogP contribution in [0.15, 0.2) is 22.7 Å². The maximum absolute atomic E-state index is 12.4. The Bertz CT molecular complexity index is 385. The van der Waals surface area contributed by atoms with E-state index in [-0.39, 0.29) is 13.2 Å². The van der Waals surface area contributed by atoms with Gasteiger partial charge >= 0.3 is 6.18 Å². The third kappa shape index (κ3) is 4.83. The van der Waals surface area contributed by atoms with E-state index in [0.29, 0.717) is 23.3 Å². The van der Waals surface area contributed by atoms with Crippen LogP contribution in [0.25, 0.3) is 0 Å². The fourth-order valence-corrected chi connectivity index (χ4v) is 1.78. The van der Waals surface area contributed by atoms with Gasteiger partial charge in [-0.25, -0.2) is 0 Å². The number of aliphatic hydroxyl groups excluding tert-OH is 1. The van der Waals surface area contributed by atoms with Crippen LogP contribution >= 0.6 is 15.9 Å². The molecule has 0 radical (unpaired) electrons. The lowest BCUT2D eigenvalue weighted by molar-refractivity contribution is -0.137. The van der Waals surface area contributed by atoms with E-state index in [1.165, 1.54) is 6.07 Å². The molecule has 2 N–H and O–H groups in total. The van der Waals surface area contributed by atoms with E-state index in [2.05, 4.69) is 21.2 Å². The van der Waals surface area contributed by atoms with Crippen molar-refractivity contribution in [3.63, 3.8) is 0 Å². The van der Waals surface area contributed by atoms with Crippen LogP contribution < -0.4 is 5.32 Å². The van der Waals surface area contributed by atoms with Crippen molar-refractivity contribution in [1.29, 1.82) is 0 Å². The Hall–Kier alpha value is -0.790. The number of ether oxygens (including phenoxy) is 1. The summed E-state index contributed by atoms with van der Waals surface area (Å²) in [6.45, 7) is 1.01. The molecule has 0 unspecified atom stereocenters. The molecule has 1 aromatic carbocycles. The SMILES string of the molecule is OCCOCCNc1ccc(C(F)(F)F)cc1Br. The number of hydrogen-bond donors (Lipinski definition) is 2. The molecule has 0 heterocycles. The number of nitrogens with one attached hydrogen (secondary N) is 1. The van der Waals surface area contributed by atoms with Crippen molar-refractivity contribution >= 4 is 21.6 Å². The fraction of sp³-hybridized carbons (Fsp3) is 0.455. The largest absolute Gasteiger partial charge is 0.416 e. The summed E-state index contributed by atoms with van der Waals surface area (Å²) in [5.74, 6) is 0. The summed E-state index contributed by atoms with van der Waals surface area (Å²) < 4.78 is 42.6. The molecule has 0 spiro atoms. The zero-order valence-corrected chi connectivity index (χ0v) is 11.0. The predicted molar refractivity (Wildman–Crippen MR) is 65.5 cm³/mol. The van der Waals surface area contributed by atoms with Gasteiger partial charge in [-0.15, -0.1) is 0 Å². The first-order valence-electron chi connectivity index (χ1n) is 5.24. The van der Waals surface area contributed by atoms with Gasteiger partial charge in [0, 0.05) is 16.7 Å². The van der Waals surface area contributed by atoms with Crippen LogP contribution in [0.2, 0.25) is 0 Å². The lowest BCUT2D eigenvalue weighted by Crippen LogP contribution is -2.12. The maximum Gasteiger partial charge on any atom is 0.416 e. The van der Waals surface area contributed by atoms with Gasteiger partial charge in [-0.1, -0.05) is 0 Å². The molecule has 0 saturated carbocycles. The zero-order valence-electron chi connectivity index (χ0n) is 9.43. The second-order valence-electron chi connectivity index (χ2n) is 3.46. The summed E-state index contributed by atoms with van der Waals surface area (Å²) in [6, 6.07) is 3.40. The molecular formula is C11H13BrF3NO2. The highest BCUT2D eigenvalue weighted by Gasteiger charge is 2.30. The van der Waals surface area contributed by atoms with E-state index in [1.54, 1.807) is 0 Å². The fourth-order valence-electron chi connectivity index (χ4n) is 1.26. The summed E-state index contributed by atoms with van der Waals surface area (Å²) in [5.41, 5.74) is -0.132. The van der Waals surface area contributed by atoms with Gasteiger partial charge in [0.2, 0.25) is 0 Å². The summed E-state index contributed by atoms with van der Waals surface area (Å²) in [5, 5.41) is 11.4. The van der Waals surface area contributed by atoms with Crippen molar-refractivity contribution in [2.45, 2.75) is 6.18 Å². The third-order valence-corrected chi connectivity index (χ3v) is 2.75. The summed E-state index contributed by atoms with van der Waals surface area (Å²) in [7, 11) is 0. The molecule has 0 amide bonds. The van der Waals surface area contributed by atoms with E-state index in [4.69, 9.17) is 9.84 Å². The average Bonchev–Trinajstić information content (AvgIpc) is 2.29. The number of alkyl halides is 3. The second kappa shape index (κ2) is 6.96. The normalized spacial score (nSPS) is 11.6. The molecule has 0 aliphatic heterocycles. The number of benzene rings is 1. The standard InChI is InChI=1S/C11H13BrF3NO2/c12-9-7-8(11(13,14)15)1-2-10(9)16-3-5-18-6-4-17/h1-2,7,16-17H,3-6H2. The molecule has 0 bridgehead atoms. The molecule has 0 atom stereocenters. The van der Waals surface area contributed by atoms with Crippen molar-refractivity contribution in [3.8, 4) is 0 Å². The first kappa shape index (κ1) is 15.3. The number of halogens is 4. The Morgan fingerprint density at radius 1 is 1.28 bits per heavy atom. The van der Waals surface area contributed by atoms with Gasteiger partial charge in [-0.3, -0.25) is 0 Å². The molecule has 0 aromatic heterocycles. The number of rotatable bonds is 6. The van der Waals surface area contributed by atoms with E-state index in [1.807, 2.05) is 0 Å². The van der Waals surface area contributed by atoms with Crippen LogP contribution in [0.3, 0.4) is 0 Å². The van der Waals surface area contributed by atoms with Gasteiger partial charge < -0.3 is 15.2 Å². The van der Waals surface area contributed by atoms with Gasteiger partial charge in [0.1, 0.15) is 0 Å². The number of aliphatic hydroxyl groups is 1. The molecule has 0 aliphatic rings. The first-order valence-corrected chi connectivity index (χ1v) is 6.03. The van der Waals surface area contributed by atoms with E-state index in [9.17, 15) is 13.2 Å². The van der Waals surface area contributed by atoms with Crippen molar-refractivity contribution in [3.05, 3.63) is 28.2 Å². The topological polar surface area (TPSA) is 41.5 Å². The quantitative estimate of drug-likeness (QED) is 0.789. The van der Waals surface area contributed by atoms with Crippen molar-refractivity contribution in [2.24, 2.45) is 0 Å². The van der Waals surface area contributed by atoms with Crippen molar-refractivity contribution in [2.75, 3.05) is 31.7 Å². The predicted octanol–water partition coefficient (Wildman–Crippen LogP) is 2.89. The summed E-state index contributed by atoms with van der Waals surface area (Å²) in [6.07, 6.45) is -4.34. The molecule has 7 heteroatoms. The van der Waals surface area contributed by atoms with Crippen molar-refractivity contribution < 1.29 is 23.0 Å². The van der Waals surface area contributed by atoms with E-state index in [0.717, 1.165) is 12.1 Å². The zero-order chi connectivity index (χ0) is 13.6. The monoisotopic (exact) mass is 327 g/mol. The van der Waals surface area contributed by atoms with Crippen LogP contribution in [0, 0.1) is 0 Å². The Morgan fingerprint density at radius 3 is 2.56 bits per heavy atom. The van der Waals surface area contributed by atoms with E-state index >= 15 is 0 Å². The molecule has 1 aromatic rings. The lowest BCUT2D eigenvalue weighted by Gasteiger charge is -2.12. The van der Waals surface area contributed by atoms with Crippen LogP contribution in [0.4, 0.5) is 18.9 Å². The van der Waals surface area contributed by atoms with Crippen molar-refractivity contribution in [1.82, 2.24) is 0 Å². The van der Waals surface area contributed by atoms with E-state index < -0.39 is 11.7 Å². The average molecular weight is 328 g/mol. The minimum absolute atomic E-state index is 0.0516. The second-order valence-corrected chi connectivity index (χ2v) is 4.31. The van der Waals surface area contributed by atoms with Gasteiger partial charge in [0.15, 0.2) is 0 Å². The Labute approximate surface area is 111 Å². The Balaban J connectivity index is 2.53. The highest BCUT2D eigenvalue weighted by atomic mass is 79.9.